The lowest BCUT2D eigenvalue weighted by Crippen LogP contribution is -2.42. The SMILES string of the molecule is CCCOc1ccc(NC(=O)[C@](C)(CCC)OCC)cc1Cl. The van der Waals surface area contributed by atoms with E-state index in [0.29, 0.717) is 36.1 Å². The summed E-state index contributed by atoms with van der Waals surface area (Å²) in [4.78, 5) is 12.5. The molecular weight excluding hydrogens is 302 g/mol. The Morgan fingerprint density at radius 2 is 2.00 bits per heavy atom. The van der Waals surface area contributed by atoms with Crippen LogP contribution >= 0.6 is 11.6 Å². The highest BCUT2D eigenvalue weighted by Gasteiger charge is 2.33. The van der Waals surface area contributed by atoms with Crippen molar-refractivity contribution in [3.63, 3.8) is 0 Å². The Balaban J connectivity index is 2.80. The Bertz CT molecular complexity index is 485. The molecule has 5 heteroatoms. The quantitative estimate of drug-likeness (QED) is 0.717. The molecule has 22 heavy (non-hydrogen) atoms. The van der Waals surface area contributed by atoms with Crippen molar-refractivity contribution < 1.29 is 14.3 Å². The lowest BCUT2D eigenvalue weighted by atomic mass is 9.99. The van der Waals surface area contributed by atoms with Crippen LogP contribution in [0.1, 0.15) is 47.0 Å². The van der Waals surface area contributed by atoms with Gasteiger partial charge in [0.25, 0.3) is 5.91 Å². The van der Waals surface area contributed by atoms with Crippen molar-refractivity contribution in [2.45, 2.75) is 52.6 Å². The highest BCUT2D eigenvalue weighted by molar-refractivity contribution is 6.32. The van der Waals surface area contributed by atoms with Gasteiger partial charge in [0.05, 0.1) is 11.6 Å². The molecular formula is C17H26ClNO3. The van der Waals surface area contributed by atoms with Crippen molar-refractivity contribution in [1.29, 1.82) is 0 Å². The van der Waals surface area contributed by atoms with E-state index in [1.54, 1.807) is 18.2 Å². The first-order valence-electron chi connectivity index (χ1n) is 7.84. The minimum Gasteiger partial charge on any atom is -0.492 e. The monoisotopic (exact) mass is 327 g/mol. The van der Waals surface area contributed by atoms with Crippen molar-refractivity contribution in [2.24, 2.45) is 0 Å². The molecule has 1 aromatic carbocycles. The number of amides is 1. The van der Waals surface area contributed by atoms with Crippen LogP contribution in [0.15, 0.2) is 18.2 Å². The molecule has 0 spiro atoms. The molecule has 1 amide bonds. The summed E-state index contributed by atoms with van der Waals surface area (Å²) < 4.78 is 11.2. The number of rotatable bonds is 9. The number of carbonyl (C=O) groups excluding carboxylic acids is 1. The van der Waals surface area contributed by atoms with Crippen LogP contribution in [0.25, 0.3) is 0 Å². The molecule has 1 atom stereocenters. The molecule has 0 fully saturated rings. The molecule has 0 radical (unpaired) electrons. The fraction of sp³-hybridized carbons (Fsp3) is 0.588. The molecule has 1 aromatic rings. The zero-order chi connectivity index (χ0) is 16.6. The number of carbonyl (C=O) groups is 1. The van der Waals surface area contributed by atoms with Gasteiger partial charge in [-0.15, -0.1) is 0 Å². The van der Waals surface area contributed by atoms with E-state index in [1.807, 2.05) is 27.7 Å². The third-order valence-corrected chi connectivity index (χ3v) is 3.62. The van der Waals surface area contributed by atoms with E-state index < -0.39 is 5.60 Å². The lowest BCUT2D eigenvalue weighted by Gasteiger charge is -2.27. The minimum atomic E-state index is -0.826. The zero-order valence-electron chi connectivity index (χ0n) is 13.9. The Hall–Kier alpha value is -1.26. The first kappa shape index (κ1) is 18.8. The predicted molar refractivity (Wildman–Crippen MR) is 90.8 cm³/mol. The van der Waals surface area contributed by atoms with Crippen LogP contribution in [0.2, 0.25) is 5.02 Å². The topological polar surface area (TPSA) is 47.6 Å². The van der Waals surface area contributed by atoms with Crippen LogP contribution < -0.4 is 10.1 Å². The molecule has 0 aliphatic heterocycles. The molecule has 0 unspecified atom stereocenters. The van der Waals surface area contributed by atoms with E-state index in [1.165, 1.54) is 0 Å². The number of hydrogen-bond donors (Lipinski definition) is 1. The van der Waals surface area contributed by atoms with Gasteiger partial charge in [-0.3, -0.25) is 4.79 Å². The fourth-order valence-electron chi connectivity index (χ4n) is 2.22. The number of nitrogens with one attached hydrogen (secondary N) is 1. The van der Waals surface area contributed by atoms with E-state index in [-0.39, 0.29) is 5.91 Å². The van der Waals surface area contributed by atoms with Gasteiger partial charge in [0.15, 0.2) is 0 Å². The van der Waals surface area contributed by atoms with Gasteiger partial charge in [-0.1, -0.05) is 31.9 Å². The molecule has 0 heterocycles. The standard InChI is InChI=1S/C17H26ClNO3/c1-5-10-17(4,22-7-3)16(20)19-13-8-9-15(14(18)12-13)21-11-6-2/h8-9,12H,5-7,10-11H2,1-4H3,(H,19,20)/t17-/m0/s1. The molecule has 0 aliphatic rings. The summed E-state index contributed by atoms with van der Waals surface area (Å²) in [5.74, 6) is 0.470. The number of halogens is 1. The second-order valence-corrected chi connectivity index (χ2v) is 5.77. The third-order valence-electron chi connectivity index (χ3n) is 3.32. The van der Waals surface area contributed by atoms with Crippen LogP contribution in [0.5, 0.6) is 5.75 Å². The highest BCUT2D eigenvalue weighted by Crippen LogP contribution is 2.29. The maximum absolute atomic E-state index is 12.5. The van der Waals surface area contributed by atoms with E-state index in [9.17, 15) is 4.79 Å². The van der Waals surface area contributed by atoms with Crippen LogP contribution in [-0.2, 0) is 9.53 Å². The smallest absolute Gasteiger partial charge is 0.256 e. The largest absolute Gasteiger partial charge is 0.492 e. The van der Waals surface area contributed by atoms with Crippen molar-refractivity contribution in [2.75, 3.05) is 18.5 Å². The van der Waals surface area contributed by atoms with Gasteiger partial charge < -0.3 is 14.8 Å². The summed E-state index contributed by atoms with van der Waals surface area (Å²) >= 11 is 6.18. The Morgan fingerprint density at radius 1 is 1.27 bits per heavy atom. The molecule has 0 aromatic heterocycles. The second-order valence-electron chi connectivity index (χ2n) is 5.36. The molecule has 0 saturated heterocycles. The molecule has 4 nitrogen and oxygen atoms in total. The summed E-state index contributed by atoms with van der Waals surface area (Å²) in [6, 6.07) is 5.25. The summed E-state index contributed by atoms with van der Waals surface area (Å²) in [5, 5.41) is 3.36. The second kappa shape index (κ2) is 9.01. The summed E-state index contributed by atoms with van der Waals surface area (Å²) in [7, 11) is 0. The van der Waals surface area contributed by atoms with E-state index in [0.717, 1.165) is 12.8 Å². The van der Waals surface area contributed by atoms with E-state index in [4.69, 9.17) is 21.1 Å². The minimum absolute atomic E-state index is 0.158. The number of benzene rings is 1. The Kier molecular flexibility index (Phi) is 7.69. The van der Waals surface area contributed by atoms with Gasteiger partial charge in [0.1, 0.15) is 11.4 Å². The van der Waals surface area contributed by atoms with Crippen molar-refractivity contribution in [1.82, 2.24) is 0 Å². The highest BCUT2D eigenvalue weighted by atomic mass is 35.5. The third kappa shape index (κ3) is 5.18. The molecule has 1 N–H and O–H groups in total. The molecule has 0 saturated carbocycles. The van der Waals surface area contributed by atoms with Crippen LogP contribution in [-0.4, -0.2) is 24.7 Å². The maximum Gasteiger partial charge on any atom is 0.256 e. The molecule has 0 aliphatic carbocycles. The zero-order valence-corrected chi connectivity index (χ0v) is 14.6. The summed E-state index contributed by atoms with van der Waals surface area (Å²) in [6.07, 6.45) is 2.45. The number of hydrogen-bond acceptors (Lipinski definition) is 3. The van der Waals surface area contributed by atoms with Crippen LogP contribution in [0.4, 0.5) is 5.69 Å². The number of anilines is 1. The summed E-state index contributed by atoms with van der Waals surface area (Å²) in [6.45, 7) is 8.87. The van der Waals surface area contributed by atoms with Gasteiger partial charge in [-0.2, -0.15) is 0 Å². The van der Waals surface area contributed by atoms with Crippen molar-refractivity contribution in [3.05, 3.63) is 23.2 Å². The average molecular weight is 328 g/mol. The van der Waals surface area contributed by atoms with Gasteiger partial charge in [-0.25, -0.2) is 0 Å². The van der Waals surface area contributed by atoms with Gasteiger partial charge >= 0.3 is 0 Å². The lowest BCUT2D eigenvalue weighted by molar-refractivity contribution is -0.139. The predicted octanol–water partition coefficient (Wildman–Crippen LogP) is 4.66. The molecule has 124 valence electrons. The van der Waals surface area contributed by atoms with E-state index >= 15 is 0 Å². The van der Waals surface area contributed by atoms with E-state index in [2.05, 4.69) is 5.32 Å². The van der Waals surface area contributed by atoms with Crippen LogP contribution in [0, 0.1) is 0 Å². The molecule has 0 bridgehead atoms. The van der Waals surface area contributed by atoms with Crippen molar-refractivity contribution in [3.8, 4) is 5.75 Å². The first-order chi connectivity index (χ1) is 10.5. The normalized spacial score (nSPS) is 13.5. The van der Waals surface area contributed by atoms with Gasteiger partial charge in [0.2, 0.25) is 0 Å². The Labute approximate surface area is 138 Å². The Morgan fingerprint density at radius 3 is 2.55 bits per heavy atom. The maximum atomic E-state index is 12.5. The van der Waals surface area contributed by atoms with Crippen molar-refractivity contribution >= 4 is 23.2 Å². The van der Waals surface area contributed by atoms with Gasteiger partial charge in [-0.05, 0) is 44.9 Å². The van der Waals surface area contributed by atoms with Crippen LogP contribution in [0.3, 0.4) is 0 Å². The summed E-state index contributed by atoms with van der Waals surface area (Å²) in [5.41, 5.74) is -0.186. The average Bonchev–Trinajstić information content (AvgIpc) is 2.47. The number of ether oxygens (including phenoxy) is 2. The first-order valence-corrected chi connectivity index (χ1v) is 8.22. The molecule has 1 rings (SSSR count). The van der Waals surface area contributed by atoms with Gasteiger partial charge in [0, 0.05) is 12.3 Å². The fourth-order valence-corrected chi connectivity index (χ4v) is 2.45.